The van der Waals surface area contributed by atoms with Gasteiger partial charge in [-0.25, -0.2) is 4.98 Å². The van der Waals surface area contributed by atoms with E-state index in [1.165, 1.54) is 41.7 Å². The first kappa shape index (κ1) is 25.2. The summed E-state index contributed by atoms with van der Waals surface area (Å²) in [6.07, 6.45) is 0. The second kappa shape index (κ2) is 9.29. The van der Waals surface area contributed by atoms with Crippen molar-refractivity contribution in [2.24, 2.45) is 0 Å². The first-order valence-electron chi connectivity index (χ1n) is 15.9. The topological polar surface area (TPSA) is 30.4 Å². The van der Waals surface area contributed by atoms with Gasteiger partial charge in [-0.15, -0.1) is 11.3 Å². The van der Waals surface area contributed by atoms with Gasteiger partial charge in [-0.1, -0.05) is 103 Å². The molecule has 47 heavy (non-hydrogen) atoms. The highest BCUT2D eigenvalue weighted by molar-refractivity contribution is 7.26. The van der Waals surface area contributed by atoms with E-state index in [0.29, 0.717) is 0 Å². The van der Waals surface area contributed by atoms with Crippen LogP contribution in [0, 0.1) is 0 Å². The Morgan fingerprint density at radius 2 is 1.23 bits per heavy atom. The van der Waals surface area contributed by atoms with Crippen molar-refractivity contribution in [3.8, 4) is 22.4 Å². The van der Waals surface area contributed by atoms with Crippen LogP contribution < -0.4 is 0 Å². The Morgan fingerprint density at radius 3 is 2.09 bits per heavy atom. The van der Waals surface area contributed by atoms with Crippen molar-refractivity contribution in [2.45, 2.75) is 0 Å². The number of para-hydroxylation sites is 2. The Labute approximate surface area is 272 Å². The Morgan fingerprint density at radius 1 is 0.532 bits per heavy atom. The number of fused-ring (bicyclic) bond motifs is 12. The molecular weight excluding hydrogens is 593 g/mol. The van der Waals surface area contributed by atoms with E-state index in [2.05, 4.69) is 138 Å². The van der Waals surface area contributed by atoms with Crippen molar-refractivity contribution in [3.05, 3.63) is 146 Å². The van der Waals surface area contributed by atoms with E-state index < -0.39 is 0 Å². The molecule has 11 rings (SSSR count). The Balaban J connectivity index is 1.17. The van der Waals surface area contributed by atoms with Crippen LogP contribution >= 0.6 is 11.3 Å². The molecule has 0 unspecified atom stereocenters. The van der Waals surface area contributed by atoms with E-state index in [1.807, 2.05) is 23.5 Å². The summed E-state index contributed by atoms with van der Waals surface area (Å²) in [5, 5.41) is 9.72. The van der Waals surface area contributed by atoms with E-state index in [9.17, 15) is 0 Å². The highest BCUT2D eigenvalue weighted by Crippen LogP contribution is 2.42. The Hall–Kier alpha value is -5.97. The SMILES string of the molecule is c1ccc2cc3cc4c(cc3cc2c1)nc1c2sc3ccccc3c2cc(-c2ccc(-c3cccc5c3oc3ccccc35)cc2)n41. The lowest BCUT2D eigenvalue weighted by molar-refractivity contribution is 0.670. The van der Waals surface area contributed by atoms with Crippen molar-refractivity contribution >= 4 is 91.7 Å². The van der Waals surface area contributed by atoms with Crippen LogP contribution in [0.2, 0.25) is 0 Å². The van der Waals surface area contributed by atoms with Crippen LogP contribution in [0.1, 0.15) is 0 Å². The number of nitrogens with zero attached hydrogens (tertiary/aromatic N) is 2. The van der Waals surface area contributed by atoms with Crippen LogP contribution in [-0.4, -0.2) is 9.38 Å². The summed E-state index contributed by atoms with van der Waals surface area (Å²) in [4.78, 5) is 5.34. The fourth-order valence-electron chi connectivity index (χ4n) is 7.49. The molecule has 7 aromatic carbocycles. The molecule has 11 aromatic rings. The van der Waals surface area contributed by atoms with Crippen molar-refractivity contribution in [1.82, 2.24) is 9.38 Å². The molecule has 4 heterocycles. The molecule has 0 amide bonds. The van der Waals surface area contributed by atoms with Gasteiger partial charge in [-0.2, -0.15) is 0 Å². The number of imidazole rings is 1. The molecule has 0 aliphatic carbocycles. The first-order valence-corrected chi connectivity index (χ1v) is 16.7. The summed E-state index contributed by atoms with van der Waals surface area (Å²) in [6, 6.07) is 52.4. The second-order valence-electron chi connectivity index (χ2n) is 12.4. The number of furan rings is 1. The zero-order valence-corrected chi connectivity index (χ0v) is 25.9. The highest BCUT2D eigenvalue weighted by Gasteiger charge is 2.19. The average Bonchev–Trinajstić information content (AvgIpc) is 3.81. The van der Waals surface area contributed by atoms with Gasteiger partial charge in [-0.05, 0) is 75.1 Å². The molecule has 0 saturated carbocycles. The summed E-state index contributed by atoms with van der Waals surface area (Å²) >= 11 is 1.83. The number of hydrogen-bond donors (Lipinski definition) is 0. The molecule has 0 spiro atoms. The predicted molar refractivity (Wildman–Crippen MR) is 199 cm³/mol. The number of hydrogen-bond acceptors (Lipinski definition) is 3. The number of benzene rings is 7. The Kier molecular flexibility index (Phi) is 4.99. The normalized spacial score (nSPS) is 12.3. The van der Waals surface area contributed by atoms with Crippen LogP contribution in [0.3, 0.4) is 0 Å². The maximum atomic E-state index is 6.38. The minimum absolute atomic E-state index is 0.915. The second-order valence-corrected chi connectivity index (χ2v) is 13.4. The summed E-state index contributed by atoms with van der Waals surface area (Å²) < 4.78 is 11.2. The van der Waals surface area contributed by atoms with Crippen LogP contribution in [0.25, 0.3) is 103 Å². The van der Waals surface area contributed by atoms with Crippen molar-refractivity contribution in [1.29, 1.82) is 0 Å². The Bertz CT molecular complexity index is 3070. The van der Waals surface area contributed by atoms with Gasteiger partial charge in [0, 0.05) is 31.8 Å². The third-order valence-corrected chi connectivity index (χ3v) is 10.9. The smallest absolute Gasteiger partial charge is 0.156 e. The van der Waals surface area contributed by atoms with Gasteiger partial charge in [0.25, 0.3) is 0 Å². The van der Waals surface area contributed by atoms with Crippen LogP contribution in [0.5, 0.6) is 0 Å². The summed E-state index contributed by atoms with van der Waals surface area (Å²) in [7, 11) is 0. The van der Waals surface area contributed by atoms with Crippen molar-refractivity contribution < 1.29 is 4.42 Å². The van der Waals surface area contributed by atoms with Crippen molar-refractivity contribution in [2.75, 3.05) is 0 Å². The molecule has 218 valence electrons. The third-order valence-electron chi connectivity index (χ3n) is 9.73. The molecule has 3 nitrogen and oxygen atoms in total. The molecule has 0 radical (unpaired) electrons. The monoisotopic (exact) mass is 616 g/mol. The fourth-order valence-corrected chi connectivity index (χ4v) is 8.66. The predicted octanol–water partition coefficient (Wildman–Crippen LogP) is 12.4. The minimum Gasteiger partial charge on any atom is -0.455 e. The zero-order valence-electron chi connectivity index (χ0n) is 25.1. The van der Waals surface area contributed by atoms with E-state index in [-0.39, 0.29) is 0 Å². The van der Waals surface area contributed by atoms with Crippen molar-refractivity contribution in [3.63, 3.8) is 0 Å². The fraction of sp³-hybridized carbons (Fsp3) is 0. The van der Waals surface area contributed by atoms with Gasteiger partial charge >= 0.3 is 0 Å². The lowest BCUT2D eigenvalue weighted by Crippen LogP contribution is -1.93. The maximum absolute atomic E-state index is 6.38. The largest absolute Gasteiger partial charge is 0.455 e. The average molecular weight is 617 g/mol. The maximum Gasteiger partial charge on any atom is 0.156 e. The summed E-state index contributed by atoms with van der Waals surface area (Å²) in [5.74, 6) is 0. The van der Waals surface area contributed by atoms with Crippen LogP contribution in [-0.2, 0) is 0 Å². The highest BCUT2D eigenvalue weighted by atomic mass is 32.1. The van der Waals surface area contributed by atoms with Crippen LogP contribution in [0.15, 0.2) is 150 Å². The standard InChI is InChI=1S/C43H24N2OS/c1-2-9-28-21-30-23-38-36(22-29(30)20-27(28)8-1)44-43-42-35(33-11-4-6-15-40(33)47-42)24-37(45(38)43)26-18-16-25(17-19-26)31-12-7-13-34-32-10-3-5-14-39(32)46-41(31)34/h1-24H. The van der Waals surface area contributed by atoms with Gasteiger partial charge in [-0.3, -0.25) is 4.40 Å². The third kappa shape index (κ3) is 3.59. The molecule has 0 fully saturated rings. The molecule has 4 aromatic heterocycles. The molecule has 0 atom stereocenters. The van der Waals surface area contributed by atoms with E-state index >= 15 is 0 Å². The number of rotatable bonds is 2. The molecule has 0 bridgehead atoms. The quantitative estimate of drug-likeness (QED) is 0.181. The number of aromatic nitrogens is 2. The molecule has 0 aliphatic heterocycles. The van der Waals surface area contributed by atoms with E-state index in [1.54, 1.807) is 0 Å². The first-order chi connectivity index (χ1) is 23.3. The summed E-state index contributed by atoms with van der Waals surface area (Å²) in [6.45, 7) is 0. The summed E-state index contributed by atoms with van der Waals surface area (Å²) in [5.41, 5.74) is 9.47. The minimum atomic E-state index is 0.915. The van der Waals surface area contributed by atoms with Gasteiger partial charge in [0.15, 0.2) is 5.65 Å². The van der Waals surface area contributed by atoms with E-state index in [4.69, 9.17) is 9.40 Å². The van der Waals surface area contributed by atoms with Crippen LogP contribution in [0.4, 0.5) is 0 Å². The lowest BCUT2D eigenvalue weighted by Gasteiger charge is -2.11. The number of pyridine rings is 1. The molecule has 4 heteroatoms. The van der Waals surface area contributed by atoms with Gasteiger partial charge in [0.2, 0.25) is 0 Å². The van der Waals surface area contributed by atoms with Gasteiger partial charge < -0.3 is 4.42 Å². The van der Waals surface area contributed by atoms with E-state index in [0.717, 1.165) is 61.0 Å². The van der Waals surface area contributed by atoms with Gasteiger partial charge in [0.05, 0.1) is 21.4 Å². The number of thiophene rings is 1. The molecule has 0 aliphatic rings. The molecular formula is C43H24N2OS. The molecule has 0 N–H and O–H groups in total. The van der Waals surface area contributed by atoms with Gasteiger partial charge in [0.1, 0.15) is 11.2 Å². The zero-order chi connectivity index (χ0) is 30.6. The lowest BCUT2D eigenvalue weighted by atomic mass is 9.99. The molecule has 0 saturated heterocycles.